The molecule has 0 amide bonds. The lowest BCUT2D eigenvalue weighted by Gasteiger charge is -2.35. The van der Waals surface area contributed by atoms with Crippen molar-refractivity contribution in [2.24, 2.45) is 0 Å². The van der Waals surface area contributed by atoms with Gasteiger partial charge in [-0.2, -0.15) is 0 Å². The molecule has 1 aliphatic rings. The van der Waals surface area contributed by atoms with E-state index in [1.807, 2.05) is 0 Å². The van der Waals surface area contributed by atoms with Crippen LogP contribution in [0.2, 0.25) is 0 Å². The number of likely N-dealkylation sites (N-methyl/N-ethyl adjacent to an activating group) is 1. The number of hydrogen-bond donors (Lipinski definition) is 1. The lowest BCUT2D eigenvalue weighted by atomic mass is 9.90. The first-order valence-electron chi connectivity index (χ1n) is 7.50. The van der Waals surface area contributed by atoms with Crippen molar-refractivity contribution >= 4 is 0 Å². The fourth-order valence-corrected chi connectivity index (χ4v) is 2.69. The Bertz CT molecular complexity index is 217. The summed E-state index contributed by atoms with van der Waals surface area (Å²) < 4.78 is 5.80. The molecule has 0 aromatic heterocycles. The van der Waals surface area contributed by atoms with Crippen molar-refractivity contribution in [3.63, 3.8) is 0 Å². The Morgan fingerprint density at radius 3 is 2.28 bits per heavy atom. The molecule has 1 rings (SSSR count). The summed E-state index contributed by atoms with van der Waals surface area (Å²) in [5, 5.41) is 3.56. The lowest BCUT2D eigenvalue weighted by molar-refractivity contribution is -0.0163. The first-order chi connectivity index (χ1) is 8.42. The monoisotopic (exact) mass is 256 g/mol. The van der Waals surface area contributed by atoms with E-state index in [4.69, 9.17) is 4.74 Å². The number of ether oxygens (including phenoxy) is 1. The Balaban J connectivity index is 2.17. The summed E-state index contributed by atoms with van der Waals surface area (Å²) in [6.07, 6.45) is 5.29. The molecule has 0 heterocycles. The average Bonchev–Trinajstić information content (AvgIpc) is 2.28. The van der Waals surface area contributed by atoms with Crippen LogP contribution in [0, 0.1) is 0 Å². The molecule has 0 spiro atoms. The zero-order valence-electron chi connectivity index (χ0n) is 13.0. The molecule has 1 aliphatic carbocycles. The van der Waals surface area contributed by atoms with Crippen LogP contribution in [0.5, 0.6) is 0 Å². The number of nitrogens with one attached hydrogen (secondary N) is 1. The molecule has 1 fully saturated rings. The van der Waals surface area contributed by atoms with E-state index in [1.165, 1.54) is 25.7 Å². The van der Waals surface area contributed by atoms with Gasteiger partial charge in [0, 0.05) is 18.6 Å². The van der Waals surface area contributed by atoms with Crippen LogP contribution in [0.3, 0.4) is 0 Å². The largest absolute Gasteiger partial charge is 0.375 e. The van der Waals surface area contributed by atoms with Gasteiger partial charge in [0.25, 0.3) is 0 Å². The molecular formula is C15H32N2O. The van der Waals surface area contributed by atoms with E-state index in [9.17, 15) is 0 Å². The average molecular weight is 256 g/mol. The third-order valence-corrected chi connectivity index (χ3v) is 3.79. The first kappa shape index (κ1) is 15.9. The van der Waals surface area contributed by atoms with Gasteiger partial charge in [-0.25, -0.2) is 0 Å². The highest BCUT2D eigenvalue weighted by atomic mass is 16.5. The fourth-order valence-electron chi connectivity index (χ4n) is 2.69. The van der Waals surface area contributed by atoms with Gasteiger partial charge in [-0.1, -0.05) is 6.92 Å². The highest BCUT2D eigenvalue weighted by molar-refractivity contribution is 4.81. The Hall–Kier alpha value is -0.120. The van der Waals surface area contributed by atoms with Crippen LogP contribution < -0.4 is 5.32 Å². The first-order valence-corrected chi connectivity index (χ1v) is 7.50. The summed E-state index contributed by atoms with van der Waals surface area (Å²) in [6, 6.07) is 1.51. The predicted molar refractivity (Wildman–Crippen MR) is 78.1 cm³/mol. The summed E-state index contributed by atoms with van der Waals surface area (Å²) in [5.41, 5.74) is -0.0104. The molecule has 1 saturated carbocycles. The molecular weight excluding hydrogens is 224 g/mol. The van der Waals surface area contributed by atoms with Crippen molar-refractivity contribution in [1.82, 2.24) is 10.2 Å². The Labute approximate surface area is 113 Å². The summed E-state index contributed by atoms with van der Waals surface area (Å²) >= 11 is 0. The summed E-state index contributed by atoms with van der Waals surface area (Å²) in [4.78, 5) is 2.48. The molecule has 0 aromatic carbocycles. The van der Waals surface area contributed by atoms with Crippen LogP contribution >= 0.6 is 0 Å². The van der Waals surface area contributed by atoms with Crippen LogP contribution in [-0.4, -0.2) is 49.3 Å². The Kier molecular flexibility index (Phi) is 6.61. The van der Waals surface area contributed by atoms with Gasteiger partial charge in [0.1, 0.15) is 0 Å². The van der Waals surface area contributed by atoms with E-state index in [-0.39, 0.29) is 5.60 Å². The van der Waals surface area contributed by atoms with Gasteiger partial charge in [-0.05, 0) is 60.0 Å². The zero-order chi connectivity index (χ0) is 13.6. The van der Waals surface area contributed by atoms with Crippen molar-refractivity contribution in [3.05, 3.63) is 0 Å². The molecule has 0 atom stereocenters. The van der Waals surface area contributed by atoms with Crippen LogP contribution in [0.25, 0.3) is 0 Å². The van der Waals surface area contributed by atoms with Gasteiger partial charge in [0.05, 0.1) is 12.2 Å². The van der Waals surface area contributed by atoms with E-state index in [0.29, 0.717) is 0 Å². The lowest BCUT2D eigenvalue weighted by Crippen LogP contribution is -2.42. The van der Waals surface area contributed by atoms with Gasteiger partial charge in [-0.15, -0.1) is 0 Å². The standard InChI is InChI=1S/C15H32N2O/c1-6-16-13-7-9-14(10-8-13)17(5)11-12-18-15(2,3)4/h13-14,16H,6-12H2,1-5H3. The van der Waals surface area contributed by atoms with Crippen molar-refractivity contribution in [2.45, 2.75) is 71.1 Å². The zero-order valence-corrected chi connectivity index (χ0v) is 13.0. The third-order valence-electron chi connectivity index (χ3n) is 3.79. The molecule has 3 heteroatoms. The molecule has 0 aromatic rings. The van der Waals surface area contributed by atoms with Gasteiger partial charge in [0.15, 0.2) is 0 Å². The Morgan fingerprint density at radius 2 is 1.78 bits per heavy atom. The Morgan fingerprint density at radius 1 is 1.17 bits per heavy atom. The van der Waals surface area contributed by atoms with Crippen LogP contribution in [0.4, 0.5) is 0 Å². The fraction of sp³-hybridized carbons (Fsp3) is 1.00. The third kappa shape index (κ3) is 6.17. The minimum Gasteiger partial charge on any atom is -0.375 e. The molecule has 0 bridgehead atoms. The van der Waals surface area contributed by atoms with Gasteiger partial charge >= 0.3 is 0 Å². The minimum atomic E-state index is -0.0104. The number of nitrogens with zero attached hydrogens (tertiary/aromatic N) is 1. The molecule has 0 radical (unpaired) electrons. The SMILES string of the molecule is CCNC1CCC(N(C)CCOC(C)(C)C)CC1. The predicted octanol–water partition coefficient (Wildman–Crippen LogP) is 2.65. The van der Waals surface area contributed by atoms with Crippen molar-refractivity contribution in [1.29, 1.82) is 0 Å². The summed E-state index contributed by atoms with van der Waals surface area (Å²) in [5.74, 6) is 0. The second kappa shape index (κ2) is 7.46. The number of rotatable bonds is 6. The molecule has 108 valence electrons. The molecule has 0 unspecified atom stereocenters. The second-order valence-electron chi connectivity index (χ2n) is 6.50. The normalized spacial score (nSPS) is 25.7. The van der Waals surface area contributed by atoms with Crippen LogP contribution in [0.15, 0.2) is 0 Å². The highest BCUT2D eigenvalue weighted by Gasteiger charge is 2.23. The maximum atomic E-state index is 5.80. The van der Waals surface area contributed by atoms with Crippen LogP contribution in [-0.2, 0) is 4.74 Å². The minimum absolute atomic E-state index is 0.0104. The summed E-state index contributed by atoms with van der Waals surface area (Å²) in [7, 11) is 2.24. The molecule has 1 N–H and O–H groups in total. The van der Waals surface area contributed by atoms with Gasteiger partial charge in [0.2, 0.25) is 0 Å². The maximum absolute atomic E-state index is 5.80. The topological polar surface area (TPSA) is 24.5 Å². The molecule has 0 aliphatic heterocycles. The van der Waals surface area contributed by atoms with E-state index in [1.54, 1.807) is 0 Å². The van der Waals surface area contributed by atoms with Crippen molar-refractivity contribution in [2.75, 3.05) is 26.7 Å². The maximum Gasteiger partial charge on any atom is 0.0600 e. The van der Waals surface area contributed by atoms with Gasteiger partial charge < -0.3 is 15.0 Å². The molecule has 3 nitrogen and oxygen atoms in total. The highest BCUT2D eigenvalue weighted by Crippen LogP contribution is 2.22. The summed E-state index contributed by atoms with van der Waals surface area (Å²) in [6.45, 7) is 11.5. The second-order valence-corrected chi connectivity index (χ2v) is 6.50. The van der Waals surface area contributed by atoms with Crippen LogP contribution in [0.1, 0.15) is 53.4 Å². The van der Waals surface area contributed by atoms with E-state index >= 15 is 0 Å². The van der Waals surface area contributed by atoms with E-state index in [2.05, 4.69) is 45.0 Å². The smallest absolute Gasteiger partial charge is 0.0600 e. The van der Waals surface area contributed by atoms with E-state index in [0.717, 1.165) is 31.8 Å². The van der Waals surface area contributed by atoms with Gasteiger partial charge in [-0.3, -0.25) is 0 Å². The number of hydrogen-bond acceptors (Lipinski definition) is 3. The molecule has 18 heavy (non-hydrogen) atoms. The van der Waals surface area contributed by atoms with Crippen molar-refractivity contribution < 1.29 is 4.74 Å². The van der Waals surface area contributed by atoms with Crippen molar-refractivity contribution in [3.8, 4) is 0 Å². The molecule has 0 saturated heterocycles. The quantitative estimate of drug-likeness (QED) is 0.791. The van der Waals surface area contributed by atoms with E-state index < -0.39 is 0 Å².